The quantitative estimate of drug-likeness (QED) is 0.713. The fourth-order valence-electron chi connectivity index (χ4n) is 1.92. The van der Waals surface area contributed by atoms with Gasteiger partial charge in [0.2, 0.25) is 0 Å². The van der Waals surface area contributed by atoms with E-state index >= 15 is 0 Å². The van der Waals surface area contributed by atoms with Crippen LogP contribution in [0.3, 0.4) is 0 Å². The predicted octanol–water partition coefficient (Wildman–Crippen LogP) is 1.08. The van der Waals surface area contributed by atoms with Gasteiger partial charge < -0.3 is 10.2 Å². The molecule has 1 N–H and O–H groups in total. The van der Waals surface area contributed by atoms with Gasteiger partial charge in [-0.3, -0.25) is 0 Å². The summed E-state index contributed by atoms with van der Waals surface area (Å²) in [4.78, 5) is 2.49. The second-order valence-corrected chi connectivity index (χ2v) is 4.24. The van der Waals surface area contributed by atoms with E-state index in [1.807, 2.05) is 6.92 Å². The van der Waals surface area contributed by atoms with Crippen LogP contribution in [-0.2, 0) is 0 Å². The molecule has 14 heavy (non-hydrogen) atoms. The van der Waals surface area contributed by atoms with Crippen molar-refractivity contribution in [3.05, 3.63) is 0 Å². The molecular formula is C11H21N3. The normalized spacial score (nSPS) is 24.8. The summed E-state index contributed by atoms with van der Waals surface area (Å²) in [6, 6.07) is 2.24. The number of hydrogen-bond donors (Lipinski definition) is 1. The molecule has 0 aromatic rings. The minimum absolute atomic E-state index is 0.138. The van der Waals surface area contributed by atoms with Crippen molar-refractivity contribution in [2.75, 3.05) is 32.7 Å². The van der Waals surface area contributed by atoms with E-state index in [1.165, 1.54) is 26.1 Å². The highest BCUT2D eigenvalue weighted by Crippen LogP contribution is 2.14. The molecule has 80 valence electrons. The molecule has 2 unspecified atom stereocenters. The first kappa shape index (κ1) is 11.5. The van der Waals surface area contributed by atoms with Crippen molar-refractivity contribution in [3.63, 3.8) is 0 Å². The van der Waals surface area contributed by atoms with Gasteiger partial charge in [0.1, 0.15) is 0 Å². The molecule has 0 amide bonds. The molecule has 0 radical (unpaired) electrons. The third-order valence-electron chi connectivity index (χ3n) is 2.92. The molecule has 3 heteroatoms. The molecule has 1 rings (SSSR count). The van der Waals surface area contributed by atoms with E-state index < -0.39 is 0 Å². The molecule has 0 aliphatic carbocycles. The molecule has 1 aliphatic heterocycles. The van der Waals surface area contributed by atoms with Crippen molar-refractivity contribution < 1.29 is 0 Å². The smallest absolute Gasteiger partial charge is 0.0666 e. The van der Waals surface area contributed by atoms with Crippen LogP contribution in [0.4, 0.5) is 0 Å². The number of likely N-dealkylation sites (tertiary alicyclic amines) is 1. The predicted molar refractivity (Wildman–Crippen MR) is 57.9 cm³/mol. The second-order valence-electron chi connectivity index (χ2n) is 4.24. The first-order chi connectivity index (χ1) is 6.76. The zero-order chi connectivity index (χ0) is 10.4. The molecular weight excluding hydrogens is 174 g/mol. The Bertz CT molecular complexity index is 197. The summed E-state index contributed by atoms with van der Waals surface area (Å²) < 4.78 is 0. The van der Waals surface area contributed by atoms with Crippen LogP contribution in [0.1, 0.15) is 20.3 Å². The van der Waals surface area contributed by atoms with Crippen molar-refractivity contribution in [2.24, 2.45) is 11.8 Å². The molecule has 0 bridgehead atoms. The lowest BCUT2D eigenvalue weighted by molar-refractivity contribution is 0.338. The number of hydrogen-bond acceptors (Lipinski definition) is 3. The highest BCUT2D eigenvalue weighted by Gasteiger charge is 2.20. The van der Waals surface area contributed by atoms with Crippen LogP contribution in [0.2, 0.25) is 0 Å². The Hall–Kier alpha value is -0.590. The van der Waals surface area contributed by atoms with E-state index in [9.17, 15) is 0 Å². The number of nitriles is 1. The third-order valence-corrected chi connectivity index (χ3v) is 2.92. The molecule has 0 aromatic heterocycles. The molecule has 3 nitrogen and oxygen atoms in total. The number of nitrogens with one attached hydrogen (secondary N) is 1. The van der Waals surface area contributed by atoms with Gasteiger partial charge in [0.05, 0.1) is 12.0 Å². The number of nitrogens with zero attached hydrogens (tertiary/aromatic N) is 2. The lowest BCUT2D eigenvalue weighted by atomic mass is 10.1. The Morgan fingerprint density at radius 1 is 1.64 bits per heavy atom. The average molecular weight is 195 g/mol. The van der Waals surface area contributed by atoms with Crippen molar-refractivity contribution in [2.45, 2.75) is 20.3 Å². The van der Waals surface area contributed by atoms with Crippen molar-refractivity contribution in [3.8, 4) is 6.07 Å². The maximum absolute atomic E-state index is 8.61. The lowest BCUT2D eigenvalue weighted by Crippen LogP contribution is -2.29. The van der Waals surface area contributed by atoms with Crippen molar-refractivity contribution in [1.82, 2.24) is 10.2 Å². The third kappa shape index (κ3) is 3.65. The van der Waals surface area contributed by atoms with Gasteiger partial charge in [-0.2, -0.15) is 5.26 Å². The van der Waals surface area contributed by atoms with Gasteiger partial charge in [-0.1, -0.05) is 6.92 Å². The summed E-state index contributed by atoms with van der Waals surface area (Å²) in [6.07, 6.45) is 1.31. The summed E-state index contributed by atoms with van der Waals surface area (Å²) in [5.41, 5.74) is 0. The maximum atomic E-state index is 8.61. The van der Waals surface area contributed by atoms with Crippen LogP contribution >= 0.6 is 0 Å². The van der Waals surface area contributed by atoms with E-state index in [4.69, 9.17) is 5.26 Å². The van der Waals surface area contributed by atoms with Crippen LogP contribution in [0.25, 0.3) is 0 Å². The van der Waals surface area contributed by atoms with E-state index in [1.54, 1.807) is 0 Å². The Labute approximate surface area is 87.1 Å². The zero-order valence-corrected chi connectivity index (χ0v) is 9.29. The standard InChI is InChI=1S/C11H21N3/c1-3-14-5-4-11(9-14)8-13-7-10(2)6-12/h10-11,13H,3-5,7-9H2,1-2H3. The van der Waals surface area contributed by atoms with Crippen LogP contribution in [0.5, 0.6) is 0 Å². The highest BCUT2D eigenvalue weighted by atomic mass is 15.1. The summed E-state index contributed by atoms with van der Waals surface area (Å²) in [7, 11) is 0. The highest BCUT2D eigenvalue weighted by molar-refractivity contribution is 4.82. The Kier molecular flexibility index (Phi) is 4.92. The molecule has 1 aliphatic rings. The van der Waals surface area contributed by atoms with Gasteiger partial charge in [0.25, 0.3) is 0 Å². The lowest BCUT2D eigenvalue weighted by Gasteiger charge is -2.14. The Morgan fingerprint density at radius 2 is 2.43 bits per heavy atom. The van der Waals surface area contributed by atoms with Crippen molar-refractivity contribution >= 4 is 0 Å². The van der Waals surface area contributed by atoms with Crippen LogP contribution < -0.4 is 5.32 Å². The minimum Gasteiger partial charge on any atom is -0.315 e. The van der Waals surface area contributed by atoms with Crippen molar-refractivity contribution in [1.29, 1.82) is 5.26 Å². The molecule has 0 aromatic carbocycles. The monoisotopic (exact) mass is 195 g/mol. The summed E-state index contributed by atoms with van der Waals surface area (Å²) in [5, 5.41) is 12.0. The topological polar surface area (TPSA) is 39.1 Å². The van der Waals surface area contributed by atoms with Crippen LogP contribution in [0, 0.1) is 23.2 Å². The minimum atomic E-state index is 0.138. The zero-order valence-electron chi connectivity index (χ0n) is 9.29. The van der Waals surface area contributed by atoms with Gasteiger partial charge >= 0.3 is 0 Å². The van der Waals surface area contributed by atoms with Crippen LogP contribution in [-0.4, -0.2) is 37.6 Å². The van der Waals surface area contributed by atoms with Gasteiger partial charge in [-0.25, -0.2) is 0 Å². The molecule has 1 heterocycles. The fourth-order valence-corrected chi connectivity index (χ4v) is 1.92. The van der Waals surface area contributed by atoms with E-state index in [2.05, 4.69) is 23.2 Å². The summed E-state index contributed by atoms with van der Waals surface area (Å²) in [5.74, 6) is 0.930. The van der Waals surface area contributed by atoms with E-state index in [0.29, 0.717) is 0 Å². The Morgan fingerprint density at radius 3 is 3.00 bits per heavy atom. The summed E-state index contributed by atoms with van der Waals surface area (Å²) in [6.45, 7) is 9.72. The van der Waals surface area contributed by atoms with E-state index in [-0.39, 0.29) is 5.92 Å². The molecule has 1 fully saturated rings. The molecule has 1 saturated heterocycles. The SMILES string of the molecule is CCN1CCC(CNCC(C)C#N)C1. The first-order valence-corrected chi connectivity index (χ1v) is 5.59. The molecule has 2 atom stereocenters. The van der Waals surface area contributed by atoms with E-state index in [0.717, 1.165) is 19.0 Å². The molecule has 0 spiro atoms. The second kappa shape index (κ2) is 6.00. The first-order valence-electron chi connectivity index (χ1n) is 5.59. The largest absolute Gasteiger partial charge is 0.315 e. The van der Waals surface area contributed by atoms with Gasteiger partial charge in [0, 0.05) is 13.1 Å². The van der Waals surface area contributed by atoms with Gasteiger partial charge in [-0.05, 0) is 38.9 Å². The van der Waals surface area contributed by atoms with Gasteiger partial charge in [-0.15, -0.1) is 0 Å². The van der Waals surface area contributed by atoms with Gasteiger partial charge in [0.15, 0.2) is 0 Å². The summed E-state index contributed by atoms with van der Waals surface area (Å²) >= 11 is 0. The maximum Gasteiger partial charge on any atom is 0.0666 e. The molecule has 0 saturated carbocycles. The van der Waals surface area contributed by atoms with Crippen LogP contribution in [0.15, 0.2) is 0 Å². The fraction of sp³-hybridized carbons (Fsp3) is 0.909. The average Bonchev–Trinajstić information content (AvgIpc) is 2.65. The Balaban J connectivity index is 2.06. The number of rotatable bonds is 5.